The molecule has 0 unspecified atom stereocenters. The first-order valence-electron chi connectivity index (χ1n) is 8.84. The molecular formula is C21H16ClN5O. The number of amidine groups is 1. The van der Waals surface area contributed by atoms with Crippen LogP contribution in [-0.2, 0) is 11.2 Å². The molecule has 0 bridgehead atoms. The number of nitrogens with one attached hydrogen (secondary N) is 4. The number of fused-ring (bicyclic) bond motifs is 1. The Morgan fingerprint density at radius 2 is 1.50 bits per heavy atom. The number of carbonyl (C=O) groups is 1. The number of nitrogens with zero attached hydrogens (tertiary/aromatic N) is 1. The molecule has 0 fully saturated rings. The standard InChI is InChI=1S/C21H16ClN5O/c22-18-11-19-16(10-20(28)23-19)9-17(18)14-5-1-12(2-6-14)13-3-7-15(8-4-13)21-24-26-27-25-21/h1-9,11,26-27H,10H2,(H,23,28)(H,24,25). The van der Waals surface area contributed by atoms with Crippen molar-refractivity contribution in [2.45, 2.75) is 6.42 Å². The minimum atomic E-state index is 0.00680. The lowest BCUT2D eigenvalue weighted by atomic mass is 9.98. The molecular weight excluding hydrogens is 374 g/mol. The highest BCUT2D eigenvalue weighted by atomic mass is 35.5. The van der Waals surface area contributed by atoms with E-state index >= 15 is 0 Å². The van der Waals surface area contributed by atoms with Gasteiger partial charge in [-0.3, -0.25) is 10.2 Å². The van der Waals surface area contributed by atoms with E-state index in [1.165, 1.54) is 0 Å². The van der Waals surface area contributed by atoms with Gasteiger partial charge in [0, 0.05) is 16.8 Å². The van der Waals surface area contributed by atoms with Crippen LogP contribution >= 0.6 is 11.6 Å². The van der Waals surface area contributed by atoms with E-state index < -0.39 is 0 Å². The predicted molar refractivity (Wildman–Crippen MR) is 111 cm³/mol. The van der Waals surface area contributed by atoms with E-state index in [-0.39, 0.29) is 5.91 Å². The first kappa shape index (κ1) is 16.8. The largest absolute Gasteiger partial charge is 0.325 e. The molecule has 28 heavy (non-hydrogen) atoms. The highest BCUT2D eigenvalue weighted by Gasteiger charge is 2.20. The number of benzene rings is 3. The van der Waals surface area contributed by atoms with Crippen LogP contribution in [0.25, 0.3) is 22.3 Å². The average molecular weight is 390 g/mol. The van der Waals surface area contributed by atoms with Gasteiger partial charge in [-0.15, -0.1) is 10.6 Å². The number of anilines is 1. The Balaban J connectivity index is 1.42. The number of hydrogen-bond acceptors (Lipinski definition) is 5. The second-order valence-corrected chi connectivity index (χ2v) is 7.10. The number of rotatable bonds is 3. The number of hydrazine groups is 2. The van der Waals surface area contributed by atoms with Crippen LogP contribution < -0.4 is 21.8 Å². The van der Waals surface area contributed by atoms with Crippen LogP contribution in [-0.4, -0.2) is 11.7 Å². The van der Waals surface area contributed by atoms with Gasteiger partial charge in [-0.25, -0.2) is 5.53 Å². The molecule has 3 aromatic carbocycles. The van der Waals surface area contributed by atoms with E-state index in [2.05, 4.69) is 63.3 Å². The van der Waals surface area contributed by atoms with Crippen LogP contribution in [0.4, 0.5) is 5.69 Å². The van der Waals surface area contributed by atoms with Gasteiger partial charge < -0.3 is 5.32 Å². The van der Waals surface area contributed by atoms with Gasteiger partial charge in [0.25, 0.3) is 0 Å². The van der Waals surface area contributed by atoms with Gasteiger partial charge in [0.1, 0.15) is 0 Å². The normalized spacial score (nSPS) is 14.8. The van der Waals surface area contributed by atoms with E-state index in [0.29, 0.717) is 11.4 Å². The molecule has 5 rings (SSSR count). The number of hydrogen-bond donors (Lipinski definition) is 4. The Hall–Kier alpha value is -3.35. The molecule has 7 heteroatoms. The van der Waals surface area contributed by atoms with Crippen LogP contribution in [0.15, 0.2) is 65.8 Å². The van der Waals surface area contributed by atoms with Gasteiger partial charge in [-0.05, 0) is 34.4 Å². The summed E-state index contributed by atoms with van der Waals surface area (Å²) >= 11 is 6.45. The van der Waals surface area contributed by atoms with Gasteiger partial charge in [0.15, 0.2) is 5.84 Å². The maximum absolute atomic E-state index is 11.6. The molecule has 0 atom stereocenters. The first-order chi connectivity index (χ1) is 13.7. The highest BCUT2D eigenvalue weighted by molar-refractivity contribution is 6.34. The SMILES string of the molecule is O=C1Cc2cc(-c3ccc(-c4ccc(C5=NNNN5)cc4)cc3)c(Cl)cc2N1. The van der Waals surface area contributed by atoms with Crippen molar-refractivity contribution < 1.29 is 4.79 Å². The molecule has 3 aromatic rings. The summed E-state index contributed by atoms with van der Waals surface area (Å²) in [4.78, 5) is 11.6. The summed E-state index contributed by atoms with van der Waals surface area (Å²) in [5.74, 6) is 0.758. The summed E-state index contributed by atoms with van der Waals surface area (Å²) in [6, 6.07) is 20.2. The third-order valence-corrected chi connectivity index (χ3v) is 5.22. The van der Waals surface area contributed by atoms with Crippen LogP contribution in [0.3, 0.4) is 0 Å². The molecule has 4 N–H and O–H groups in total. The van der Waals surface area contributed by atoms with Gasteiger partial charge in [-0.1, -0.05) is 60.1 Å². The zero-order valence-electron chi connectivity index (χ0n) is 14.7. The lowest BCUT2D eigenvalue weighted by Crippen LogP contribution is -2.35. The molecule has 2 aliphatic rings. The average Bonchev–Trinajstić information content (AvgIpc) is 3.37. The lowest BCUT2D eigenvalue weighted by Gasteiger charge is -2.09. The fourth-order valence-corrected chi connectivity index (χ4v) is 3.74. The Labute approximate surface area is 166 Å². The van der Waals surface area contributed by atoms with Gasteiger partial charge in [-0.2, -0.15) is 0 Å². The molecule has 0 radical (unpaired) electrons. The molecule has 2 heterocycles. The van der Waals surface area contributed by atoms with Gasteiger partial charge in [0.05, 0.1) is 11.4 Å². The Kier molecular flexibility index (Phi) is 4.00. The lowest BCUT2D eigenvalue weighted by molar-refractivity contribution is -0.115. The quantitative estimate of drug-likeness (QED) is 0.553. The Morgan fingerprint density at radius 1 is 0.857 bits per heavy atom. The number of halogens is 1. The summed E-state index contributed by atoms with van der Waals surface area (Å²) < 4.78 is 0. The Morgan fingerprint density at radius 3 is 2.14 bits per heavy atom. The summed E-state index contributed by atoms with van der Waals surface area (Å²) in [7, 11) is 0. The zero-order chi connectivity index (χ0) is 19.1. The fourth-order valence-electron chi connectivity index (χ4n) is 3.47. The van der Waals surface area contributed by atoms with Crippen LogP contribution in [0.1, 0.15) is 11.1 Å². The van der Waals surface area contributed by atoms with Crippen molar-refractivity contribution in [3.8, 4) is 22.3 Å². The van der Waals surface area contributed by atoms with E-state index in [1.807, 2.05) is 24.3 Å². The molecule has 0 aliphatic carbocycles. The first-order valence-corrected chi connectivity index (χ1v) is 9.22. The second-order valence-electron chi connectivity index (χ2n) is 6.69. The summed E-state index contributed by atoms with van der Waals surface area (Å²) in [5.41, 5.74) is 15.3. The van der Waals surface area contributed by atoms with Crippen molar-refractivity contribution >= 4 is 29.0 Å². The number of hydrazone groups is 1. The predicted octanol–water partition coefficient (Wildman–Crippen LogP) is 3.44. The van der Waals surface area contributed by atoms with E-state index in [9.17, 15) is 4.79 Å². The number of carbonyl (C=O) groups excluding carboxylic acids is 1. The van der Waals surface area contributed by atoms with Gasteiger partial charge in [0.2, 0.25) is 5.91 Å². The second kappa shape index (κ2) is 6.67. The molecule has 6 nitrogen and oxygen atoms in total. The van der Waals surface area contributed by atoms with Crippen molar-refractivity contribution in [2.75, 3.05) is 5.32 Å². The van der Waals surface area contributed by atoms with Crippen molar-refractivity contribution in [3.63, 3.8) is 0 Å². The fraction of sp³-hybridized carbons (Fsp3) is 0.0476. The maximum atomic E-state index is 11.6. The zero-order valence-corrected chi connectivity index (χ0v) is 15.5. The topological polar surface area (TPSA) is 77.5 Å². The molecule has 2 aliphatic heterocycles. The molecule has 1 amide bonds. The molecule has 0 aromatic heterocycles. The highest BCUT2D eigenvalue weighted by Crippen LogP contribution is 2.36. The van der Waals surface area contributed by atoms with Crippen molar-refractivity contribution in [1.82, 2.24) is 16.5 Å². The van der Waals surface area contributed by atoms with Crippen LogP contribution in [0.2, 0.25) is 5.02 Å². The third-order valence-electron chi connectivity index (χ3n) is 4.91. The summed E-state index contributed by atoms with van der Waals surface area (Å²) in [6.07, 6.45) is 0.398. The van der Waals surface area contributed by atoms with Crippen LogP contribution in [0, 0.1) is 0 Å². The summed E-state index contributed by atoms with van der Waals surface area (Å²) in [6.45, 7) is 0. The monoisotopic (exact) mass is 389 g/mol. The van der Waals surface area contributed by atoms with E-state index in [0.717, 1.165) is 44.9 Å². The number of amides is 1. The molecule has 0 spiro atoms. The van der Waals surface area contributed by atoms with Crippen molar-refractivity contribution in [3.05, 3.63) is 76.8 Å². The van der Waals surface area contributed by atoms with Crippen molar-refractivity contribution in [1.29, 1.82) is 0 Å². The van der Waals surface area contributed by atoms with Crippen molar-refractivity contribution in [2.24, 2.45) is 5.10 Å². The smallest absolute Gasteiger partial charge is 0.228 e. The minimum absolute atomic E-state index is 0.00680. The van der Waals surface area contributed by atoms with Crippen LogP contribution in [0.5, 0.6) is 0 Å². The molecule has 0 saturated heterocycles. The molecule has 0 saturated carbocycles. The van der Waals surface area contributed by atoms with Gasteiger partial charge >= 0.3 is 0 Å². The maximum Gasteiger partial charge on any atom is 0.228 e. The van der Waals surface area contributed by atoms with E-state index in [1.54, 1.807) is 0 Å². The third kappa shape index (κ3) is 2.98. The summed E-state index contributed by atoms with van der Waals surface area (Å²) in [5, 5.41) is 7.56. The Bertz CT molecular complexity index is 1110. The van der Waals surface area contributed by atoms with E-state index in [4.69, 9.17) is 11.6 Å². The minimum Gasteiger partial charge on any atom is -0.325 e. The molecule has 138 valence electrons.